The predicted octanol–water partition coefficient (Wildman–Crippen LogP) is 2.60. The highest BCUT2D eigenvalue weighted by Crippen LogP contribution is 2.19. The van der Waals surface area contributed by atoms with Crippen molar-refractivity contribution in [1.29, 1.82) is 0 Å². The predicted molar refractivity (Wildman–Crippen MR) is 93.8 cm³/mol. The van der Waals surface area contributed by atoms with Gasteiger partial charge in [-0.15, -0.1) is 0 Å². The lowest BCUT2D eigenvalue weighted by atomic mass is 10.1. The second-order valence-corrected chi connectivity index (χ2v) is 5.84. The fraction of sp³-hybridized carbons (Fsp3) is 0.263. The van der Waals surface area contributed by atoms with Crippen LogP contribution in [0.4, 0.5) is 5.69 Å². The normalized spacial score (nSPS) is 16.4. The first-order valence-corrected chi connectivity index (χ1v) is 8.18. The van der Waals surface area contributed by atoms with E-state index in [1.54, 1.807) is 48.5 Å². The first-order valence-electron chi connectivity index (χ1n) is 8.18. The molecule has 0 radical (unpaired) electrons. The van der Waals surface area contributed by atoms with Gasteiger partial charge < -0.3 is 20.5 Å². The monoisotopic (exact) mass is 340 g/mol. The van der Waals surface area contributed by atoms with E-state index in [2.05, 4.69) is 5.32 Å². The van der Waals surface area contributed by atoms with Crippen LogP contribution in [0.3, 0.4) is 0 Å². The molecule has 1 saturated heterocycles. The Morgan fingerprint density at radius 2 is 2.04 bits per heavy atom. The molecular weight excluding hydrogens is 320 g/mol. The van der Waals surface area contributed by atoms with Crippen molar-refractivity contribution < 1.29 is 19.1 Å². The van der Waals surface area contributed by atoms with E-state index in [4.69, 9.17) is 15.2 Å². The van der Waals surface area contributed by atoms with Gasteiger partial charge in [-0.05, 0) is 43.2 Å². The largest absolute Gasteiger partial charge is 0.491 e. The molecule has 0 saturated carbocycles. The Kier molecular flexibility index (Phi) is 5.30. The molecule has 0 aliphatic carbocycles. The van der Waals surface area contributed by atoms with Crippen LogP contribution < -0.4 is 15.8 Å². The van der Waals surface area contributed by atoms with Gasteiger partial charge in [0.1, 0.15) is 12.4 Å². The summed E-state index contributed by atoms with van der Waals surface area (Å²) >= 11 is 0. The molecule has 1 fully saturated rings. The number of carbonyl (C=O) groups is 2. The van der Waals surface area contributed by atoms with E-state index in [0.717, 1.165) is 19.4 Å². The number of hydrogen-bond donors (Lipinski definition) is 2. The third-order valence-electron chi connectivity index (χ3n) is 4.00. The third kappa shape index (κ3) is 4.36. The van der Waals surface area contributed by atoms with Crippen LogP contribution in [-0.2, 0) is 4.74 Å². The first kappa shape index (κ1) is 17.0. The van der Waals surface area contributed by atoms with Gasteiger partial charge >= 0.3 is 0 Å². The fourth-order valence-corrected chi connectivity index (χ4v) is 2.69. The van der Waals surface area contributed by atoms with E-state index >= 15 is 0 Å². The van der Waals surface area contributed by atoms with Crippen molar-refractivity contribution >= 4 is 17.5 Å². The minimum atomic E-state index is -0.593. The highest BCUT2D eigenvalue weighted by atomic mass is 16.5. The number of primary amides is 1. The van der Waals surface area contributed by atoms with Crippen molar-refractivity contribution in [3.05, 3.63) is 59.7 Å². The molecule has 3 N–H and O–H groups in total. The van der Waals surface area contributed by atoms with Gasteiger partial charge in [-0.1, -0.05) is 18.2 Å². The Morgan fingerprint density at radius 3 is 2.80 bits per heavy atom. The molecule has 130 valence electrons. The van der Waals surface area contributed by atoms with Crippen LogP contribution in [0.25, 0.3) is 0 Å². The van der Waals surface area contributed by atoms with Gasteiger partial charge in [0.25, 0.3) is 11.8 Å². The van der Waals surface area contributed by atoms with Crippen LogP contribution >= 0.6 is 0 Å². The van der Waals surface area contributed by atoms with Crippen molar-refractivity contribution in [3.63, 3.8) is 0 Å². The number of para-hydroxylation sites is 1. The van der Waals surface area contributed by atoms with Gasteiger partial charge in [0.2, 0.25) is 0 Å². The minimum Gasteiger partial charge on any atom is -0.491 e. The highest BCUT2D eigenvalue weighted by Gasteiger charge is 2.17. The number of amides is 2. The summed E-state index contributed by atoms with van der Waals surface area (Å²) in [5.74, 6) is -0.327. The molecule has 0 aromatic heterocycles. The van der Waals surface area contributed by atoms with Crippen LogP contribution in [-0.4, -0.2) is 31.1 Å². The minimum absolute atomic E-state index is 0.111. The summed E-state index contributed by atoms with van der Waals surface area (Å²) in [5.41, 5.74) is 6.41. The number of ether oxygens (including phenoxy) is 2. The molecule has 0 bridgehead atoms. The molecule has 3 rings (SSSR count). The SMILES string of the molecule is NC(=O)c1ccccc1NC(=O)c1cccc(OCC2CCCO2)c1. The summed E-state index contributed by atoms with van der Waals surface area (Å²) in [4.78, 5) is 23.9. The zero-order chi connectivity index (χ0) is 17.6. The molecule has 6 heteroatoms. The number of rotatable bonds is 6. The molecule has 1 atom stereocenters. The van der Waals surface area contributed by atoms with Crippen molar-refractivity contribution in [3.8, 4) is 5.75 Å². The van der Waals surface area contributed by atoms with Gasteiger partial charge in [-0.2, -0.15) is 0 Å². The van der Waals surface area contributed by atoms with Gasteiger partial charge in [-0.25, -0.2) is 0 Å². The number of benzene rings is 2. The third-order valence-corrected chi connectivity index (χ3v) is 4.00. The quantitative estimate of drug-likeness (QED) is 0.846. The van der Waals surface area contributed by atoms with E-state index in [0.29, 0.717) is 23.6 Å². The average molecular weight is 340 g/mol. The summed E-state index contributed by atoms with van der Waals surface area (Å²) in [6.07, 6.45) is 2.15. The maximum absolute atomic E-state index is 12.5. The Balaban J connectivity index is 1.68. The second kappa shape index (κ2) is 7.81. The van der Waals surface area contributed by atoms with E-state index in [1.165, 1.54) is 0 Å². The van der Waals surface area contributed by atoms with Crippen molar-refractivity contribution in [2.75, 3.05) is 18.5 Å². The molecular formula is C19H20N2O4. The van der Waals surface area contributed by atoms with Gasteiger partial charge in [-0.3, -0.25) is 9.59 Å². The molecule has 1 unspecified atom stereocenters. The van der Waals surface area contributed by atoms with E-state index in [-0.39, 0.29) is 17.6 Å². The number of anilines is 1. The Morgan fingerprint density at radius 1 is 1.20 bits per heavy atom. The lowest BCUT2D eigenvalue weighted by Crippen LogP contribution is -2.18. The van der Waals surface area contributed by atoms with E-state index < -0.39 is 5.91 Å². The summed E-state index contributed by atoms with van der Waals surface area (Å²) < 4.78 is 11.2. The van der Waals surface area contributed by atoms with Crippen LogP contribution in [0.15, 0.2) is 48.5 Å². The standard InChI is InChI=1S/C19H20N2O4/c20-18(22)16-8-1-2-9-17(16)21-19(23)13-5-3-6-14(11-13)25-12-15-7-4-10-24-15/h1-3,5-6,8-9,11,15H,4,7,10,12H2,(H2,20,22)(H,21,23). The van der Waals surface area contributed by atoms with Crippen LogP contribution in [0.2, 0.25) is 0 Å². The van der Waals surface area contributed by atoms with Gasteiger partial charge in [0.15, 0.2) is 0 Å². The lowest BCUT2D eigenvalue weighted by molar-refractivity contribution is 0.0679. The Bertz CT molecular complexity index is 770. The van der Waals surface area contributed by atoms with E-state index in [1.807, 2.05) is 0 Å². The van der Waals surface area contributed by atoms with Gasteiger partial charge in [0, 0.05) is 12.2 Å². The maximum atomic E-state index is 12.5. The molecule has 2 aromatic rings. The Hall–Kier alpha value is -2.86. The average Bonchev–Trinajstić information content (AvgIpc) is 3.14. The summed E-state index contributed by atoms with van der Waals surface area (Å²) in [5, 5.41) is 2.71. The molecule has 1 aliphatic rings. The number of hydrogen-bond acceptors (Lipinski definition) is 4. The number of carbonyl (C=O) groups excluding carboxylic acids is 2. The summed E-state index contributed by atoms with van der Waals surface area (Å²) in [6, 6.07) is 13.5. The van der Waals surface area contributed by atoms with Crippen LogP contribution in [0, 0.1) is 0 Å². The summed E-state index contributed by atoms with van der Waals surface area (Å²) in [6.45, 7) is 1.24. The van der Waals surface area contributed by atoms with Crippen molar-refractivity contribution in [2.45, 2.75) is 18.9 Å². The molecule has 2 aromatic carbocycles. The molecule has 0 spiro atoms. The zero-order valence-electron chi connectivity index (χ0n) is 13.7. The number of nitrogens with two attached hydrogens (primary N) is 1. The van der Waals surface area contributed by atoms with Crippen molar-refractivity contribution in [1.82, 2.24) is 0 Å². The fourth-order valence-electron chi connectivity index (χ4n) is 2.69. The lowest BCUT2D eigenvalue weighted by Gasteiger charge is -2.13. The second-order valence-electron chi connectivity index (χ2n) is 5.84. The smallest absolute Gasteiger partial charge is 0.255 e. The number of nitrogens with one attached hydrogen (secondary N) is 1. The Labute approximate surface area is 145 Å². The van der Waals surface area contributed by atoms with E-state index in [9.17, 15) is 9.59 Å². The first-order chi connectivity index (χ1) is 12.1. The maximum Gasteiger partial charge on any atom is 0.255 e. The molecule has 25 heavy (non-hydrogen) atoms. The molecule has 6 nitrogen and oxygen atoms in total. The molecule has 2 amide bonds. The van der Waals surface area contributed by atoms with Crippen molar-refractivity contribution in [2.24, 2.45) is 5.73 Å². The van der Waals surface area contributed by atoms with Crippen LogP contribution in [0.5, 0.6) is 5.75 Å². The summed E-state index contributed by atoms with van der Waals surface area (Å²) in [7, 11) is 0. The van der Waals surface area contributed by atoms with Crippen LogP contribution in [0.1, 0.15) is 33.6 Å². The van der Waals surface area contributed by atoms with Gasteiger partial charge in [0.05, 0.1) is 17.4 Å². The zero-order valence-corrected chi connectivity index (χ0v) is 13.7. The molecule has 1 heterocycles. The highest BCUT2D eigenvalue weighted by molar-refractivity contribution is 6.08. The topological polar surface area (TPSA) is 90.7 Å². The molecule has 1 aliphatic heterocycles.